The number of aromatic hydroxyl groups is 1. The smallest absolute Gasteiger partial charge is 0.242 e. The quantitative estimate of drug-likeness (QED) is 0.417. The lowest BCUT2D eigenvalue weighted by Gasteiger charge is -2.22. The molecule has 0 saturated carbocycles. The van der Waals surface area contributed by atoms with Gasteiger partial charge in [0.25, 0.3) is 0 Å². The molecule has 0 radical (unpaired) electrons. The summed E-state index contributed by atoms with van der Waals surface area (Å²) in [4.78, 5) is 23.2. The van der Waals surface area contributed by atoms with Crippen molar-refractivity contribution in [2.75, 3.05) is 13.1 Å². The van der Waals surface area contributed by atoms with Crippen LogP contribution in [0, 0.1) is 0 Å². The predicted molar refractivity (Wildman–Crippen MR) is 88.7 cm³/mol. The molecule has 4 N–H and O–H groups in total. The first kappa shape index (κ1) is 16.9. The third-order valence-electron chi connectivity index (χ3n) is 2.97. The number of phenolic OH excluding ortho intramolecular Hbond substituents is 1. The number of nitrogens with zero attached hydrogens (tertiary/aromatic N) is 1. The zero-order chi connectivity index (χ0) is 16.1. The van der Waals surface area contributed by atoms with Crippen molar-refractivity contribution >= 4 is 49.9 Å². The van der Waals surface area contributed by atoms with Gasteiger partial charge >= 0.3 is 0 Å². The van der Waals surface area contributed by atoms with Crippen molar-refractivity contribution < 1.29 is 14.7 Å². The molecule has 1 saturated heterocycles. The molecule has 1 aliphatic rings. The van der Waals surface area contributed by atoms with Gasteiger partial charge in [-0.3, -0.25) is 9.59 Å². The van der Waals surface area contributed by atoms with Crippen molar-refractivity contribution in [2.24, 2.45) is 5.10 Å². The van der Waals surface area contributed by atoms with Crippen LogP contribution in [0.4, 0.5) is 0 Å². The molecule has 9 heteroatoms. The van der Waals surface area contributed by atoms with E-state index in [-0.39, 0.29) is 24.0 Å². The molecule has 1 aliphatic heterocycles. The Labute approximate surface area is 143 Å². The minimum absolute atomic E-state index is 0.00264. The van der Waals surface area contributed by atoms with Crippen LogP contribution in [0.3, 0.4) is 0 Å². The Hall–Kier alpha value is -1.45. The fraction of sp³-hybridized carbons (Fsp3) is 0.308. The Morgan fingerprint density at radius 3 is 2.95 bits per heavy atom. The third kappa shape index (κ3) is 4.52. The number of piperazine rings is 1. The lowest BCUT2D eigenvalue weighted by Crippen LogP contribution is -2.54. The van der Waals surface area contributed by atoms with Crippen LogP contribution in [0.15, 0.2) is 26.2 Å². The Balaban J connectivity index is 1.92. The van der Waals surface area contributed by atoms with E-state index in [9.17, 15) is 14.7 Å². The number of halogens is 2. The summed E-state index contributed by atoms with van der Waals surface area (Å²) in [5, 5.41) is 19.3. The van der Waals surface area contributed by atoms with E-state index >= 15 is 0 Å². The predicted octanol–water partition coefficient (Wildman–Crippen LogP) is 0.845. The van der Waals surface area contributed by atoms with E-state index in [1.54, 1.807) is 12.1 Å². The highest BCUT2D eigenvalue weighted by Crippen LogP contribution is 2.30. The second-order valence-electron chi connectivity index (χ2n) is 4.62. The van der Waals surface area contributed by atoms with Gasteiger partial charge in [-0.1, -0.05) is 15.9 Å². The number of carbonyl (C=O) groups excluding carboxylic acids is 2. The monoisotopic (exact) mass is 432 g/mol. The molecule has 0 aliphatic carbocycles. The topological polar surface area (TPSA) is 103 Å². The average Bonchev–Trinajstić information content (AvgIpc) is 2.46. The van der Waals surface area contributed by atoms with E-state index in [0.29, 0.717) is 23.1 Å². The summed E-state index contributed by atoms with van der Waals surface area (Å²) in [6, 6.07) is 2.81. The summed E-state index contributed by atoms with van der Waals surface area (Å²) < 4.78 is 1.27. The molecule has 2 rings (SSSR count). The number of hydrogen-bond acceptors (Lipinski definition) is 5. The maximum absolute atomic E-state index is 11.7. The molecule has 0 bridgehead atoms. The molecule has 0 spiro atoms. The number of hydrazone groups is 1. The Kier molecular flexibility index (Phi) is 5.92. The van der Waals surface area contributed by atoms with E-state index in [2.05, 4.69) is 53.0 Å². The normalized spacial score (nSPS) is 18.3. The van der Waals surface area contributed by atoms with E-state index < -0.39 is 6.04 Å². The summed E-state index contributed by atoms with van der Waals surface area (Å²) in [5.41, 5.74) is 2.77. The zero-order valence-corrected chi connectivity index (χ0v) is 14.6. The van der Waals surface area contributed by atoms with Crippen molar-refractivity contribution in [3.05, 3.63) is 26.6 Å². The molecular weight excluding hydrogens is 420 g/mol. The largest absolute Gasteiger partial charge is 0.506 e. The minimum atomic E-state index is -0.544. The van der Waals surface area contributed by atoms with Gasteiger partial charge in [-0.2, -0.15) is 5.10 Å². The van der Waals surface area contributed by atoms with Crippen molar-refractivity contribution in [3.8, 4) is 5.75 Å². The van der Waals surface area contributed by atoms with Crippen LogP contribution in [0.1, 0.15) is 12.0 Å². The molecule has 0 unspecified atom stereocenters. The second kappa shape index (κ2) is 7.70. The number of benzene rings is 1. The van der Waals surface area contributed by atoms with Crippen LogP contribution in [0.25, 0.3) is 0 Å². The highest BCUT2D eigenvalue weighted by atomic mass is 79.9. The number of nitrogens with one attached hydrogen (secondary N) is 3. The van der Waals surface area contributed by atoms with Gasteiger partial charge in [0, 0.05) is 23.1 Å². The van der Waals surface area contributed by atoms with E-state index in [0.717, 1.165) is 4.47 Å². The molecular formula is C13H14Br2N4O3. The molecule has 1 aromatic carbocycles. The zero-order valence-electron chi connectivity index (χ0n) is 11.4. The molecule has 1 fully saturated rings. The number of rotatable bonds is 4. The molecule has 22 heavy (non-hydrogen) atoms. The molecule has 2 amide bonds. The van der Waals surface area contributed by atoms with Crippen LogP contribution in [0.5, 0.6) is 5.75 Å². The number of amides is 2. The van der Waals surface area contributed by atoms with Gasteiger partial charge in [0.2, 0.25) is 11.8 Å². The number of hydrogen-bond donors (Lipinski definition) is 4. The van der Waals surface area contributed by atoms with Gasteiger partial charge in [0.05, 0.1) is 23.1 Å². The first-order chi connectivity index (χ1) is 10.5. The first-order valence-electron chi connectivity index (χ1n) is 6.48. The first-order valence-corrected chi connectivity index (χ1v) is 8.07. The van der Waals surface area contributed by atoms with Crippen molar-refractivity contribution in [3.63, 3.8) is 0 Å². The molecule has 1 heterocycles. The summed E-state index contributed by atoms with van der Waals surface area (Å²) in [7, 11) is 0. The lowest BCUT2D eigenvalue weighted by molar-refractivity contribution is -0.129. The number of phenols is 1. The van der Waals surface area contributed by atoms with Crippen molar-refractivity contribution in [2.45, 2.75) is 12.5 Å². The van der Waals surface area contributed by atoms with Crippen LogP contribution in [-0.2, 0) is 9.59 Å². The molecule has 1 atom stereocenters. The van der Waals surface area contributed by atoms with Crippen LogP contribution < -0.4 is 16.1 Å². The Bertz CT molecular complexity index is 622. The minimum Gasteiger partial charge on any atom is -0.506 e. The second-order valence-corrected chi connectivity index (χ2v) is 6.39. The average molecular weight is 434 g/mol. The number of carbonyl (C=O) groups is 2. The van der Waals surface area contributed by atoms with Crippen LogP contribution >= 0.6 is 31.9 Å². The third-order valence-corrected chi connectivity index (χ3v) is 4.03. The molecule has 0 aromatic heterocycles. The SMILES string of the molecule is O=C(C[C@H]1NCCNC1=O)N/N=C\c1cc(Br)cc(Br)c1O. The van der Waals surface area contributed by atoms with E-state index in [4.69, 9.17) is 0 Å². The van der Waals surface area contributed by atoms with Gasteiger partial charge in [-0.15, -0.1) is 0 Å². The maximum Gasteiger partial charge on any atom is 0.242 e. The van der Waals surface area contributed by atoms with Gasteiger partial charge in [-0.05, 0) is 28.1 Å². The van der Waals surface area contributed by atoms with Gasteiger partial charge < -0.3 is 15.7 Å². The molecule has 118 valence electrons. The summed E-state index contributed by atoms with van der Waals surface area (Å²) in [5.74, 6) is -0.562. The Morgan fingerprint density at radius 2 is 2.23 bits per heavy atom. The summed E-state index contributed by atoms with van der Waals surface area (Å²) in [6.45, 7) is 1.19. The highest BCUT2D eigenvalue weighted by Gasteiger charge is 2.23. The van der Waals surface area contributed by atoms with Crippen molar-refractivity contribution in [1.82, 2.24) is 16.1 Å². The molecule has 1 aromatic rings. The van der Waals surface area contributed by atoms with E-state index in [1.165, 1.54) is 6.21 Å². The van der Waals surface area contributed by atoms with Gasteiger partial charge in [-0.25, -0.2) is 5.43 Å². The van der Waals surface area contributed by atoms with E-state index in [1.807, 2.05) is 0 Å². The van der Waals surface area contributed by atoms with Crippen LogP contribution in [-0.4, -0.2) is 42.3 Å². The van der Waals surface area contributed by atoms with Crippen LogP contribution in [0.2, 0.25) is 0 Å². The lowest BCUT2D eigenvalue weighted by atomic mass is 10.1. The Morgan fingerprint density at radius 1 is 1.45 bits per heavy atom. The maximum atomic E-state index is 11.7. The van der Waals surface area contributed by atoms with Crippen molar-refractivity contribution in [1.29, 1.82) is 0 Å². The summed E-state index contributed by atoms with van der Waals surface area (Å²) >= 11 is 6.51. The highest BCUT2D eigenvalue weighted by molar-refractivity contribution is 9.11. The summed E-state index contributed by atoms with van der Waals surface area (Å²) in [6.07, 6.45) is 1.33. The van der Waals surface area contributed by atoms with Gasteiger partial charge in [0.15, 0.2) is 0 Å². The fourth-order valence-corrected chi connectivity index (χ4v) is 3.16. The standard InChI is InChI=1S/C13H14Br2N4O3/c14-8-3-7(12(21)9(15)4-8)6-18-19-11(20)5-10-13(22)17-2-1-16-10/h3-4,6,10,16,21H,1-2,5H2,(H,17,22)(H,19,20)/b18-6-/t10-/m1/s1. The van der Waals surface area contributed by atoms with Gasteiger partial charge in [0.1, 0.15) is 5.75 Å². The fourth-order valence-electron chi connectivity index (χ4n) is 1.90. The molecule has 7 nitrogen and oxygen atoms in total.